The molecule has 3 heterocycles. The van der Waals surface area contributed by atoms with Crippen LogP contribution in [0.4, 0.5) is 17.1 Å². The third-order valence-corrected chi connectivity index (χ3v) is 12.1. The van der Waals surface area contributed by atoms with E-state index in [0.717, 1.165) is 68.9 Å². The maximum atomic E-state index is 6.85. The van der Waals surface area contributed by atoms with Crippen LogP contribution in [0, 0.1) is 0 Å². The Kier molecular flexibility index (Phi) is 9.82. The van der Waals surface area contributed by atoms with E-state index in [2.05, 4.69) is 193 Å². The van der Waals surface area contributed by atoms with Gasteiger partial charge in [-0.2, -0.15) is 0 Å². The second kappa shape index (κ2) is 15.9. The molecule has 6 heteroatoms. The van der Waals surface area contributed by atoms with Gasteiger partial charge in [0.15, 0.2) is 0 Å². The number of fused-ring (bicyclic) bond motifs is 5. The Morgan fingerprint density at radius 2 is 1.23 bits per heavy atom. The molecule has 7 aromatic carbocycles. The number of nitrogens with zero attached hydrogens (tertiary/aromatic N) is 5. The first-order valence-corrected chi connectivity index (χ1v) is 21.0. The molecule has 0 fully saturated rings. The van der Waals surface area contributed by atoms with E-state index >= 15 is 0 Å². The van der Waals surface area contributed by atoms with Gasteiger partial charge in [-0.3, -0.25) is 0 Å². The normalized spacial score (nSPS) is 13.1. The summed E-state index contributed by atoms with van der Waals surface area (Å²) >= 11 is 0. The summed E-state index contributed by atoms with van der Waals surface area (Å²) in [6.07, 6.45) is 2.11. The minimum absolute atomic E-state index is 0.376. The average Bonchev–Trinajstić information content (AvgIpc) is 3.82. The van der Waals surface area contributed by atoms with Gasteiger partial charge in [0.25, 0.3) is 0 Å². The van der Waals surface area contributed by atoms with Gasteiger partial charge in [-0.1, -0.05) is 123 Å². The Hall–Kier alpha value is -7.18. The average molecular weight is 782 g/mol. The van der Waals surface area contributed by atoms with Crippen molar-refractivity contribution in [1.82, 2.24) is 14.1 Å². The lowest BCUT2D eigenvalue weighted by Crippen LogP contribution is -2.12. The molecule has 0 amide bonds. The quantitative estimate of drug-likeness (QED) is 0.131. The second-order valence-electron chi connectivity index (χ2n) is 15.8. The number of hydrogen-bond acceptors (Lipinski definition) is 4. The van der Waals surface area contributed by atoms with E-state index in [4.69, 9.17) is 14.4 Å². The Morgan fingerprint density at radius 1 is 0.633 bits per heavy atom. The Labute approximate surface area is 350 Å². The van der Waals surface area contributed by atoms with Crippen LogP contribution in [0.3, 0.4) is 0 Å². The number of hydrogen-bond donors (Lipinski definition) is 0. The minimum atomic E-state index is 0.376. The van der Waals surface area contributed by atoms with Crippen molar-refractivity contribution in [2.24, 2.45) is 12.0 Å². The fraction of sp³-hybridized carbons (Fsp3) is 0.148. The van der Waals surface area contributed by atoms with Gasteiger partial charge >= 0.3 is 0 Å². The molecule has 294 valence electrons. The Morgan fingerprint density at radius 3 is 1.87 bits per heavy atom. The molecule has 0 aliphatic heterocycles. The van der Waals surface area contributed by atoms with E-state index in [1.165, 1.54) is 27.4 Å². The summed E-state index contributed by atoms with van der Waals surface area (Å²) in [5.41, 5.74) is 12.4. The maximum absolute atomic E-state index is 6.85. The van der Waals surface area contributed by atoms with Crippen molar-refractivity contribution >= 4 is 60.9 Å². The van der Waals surface area contributed by atoms with Crippen LogP contribution in [0.25, 0.3) is 55.2 Å². The highest BCUT2D eigenvalue weighted by Crippen LogP contribution is 2.38. The predicted octanol–water partition coefficient (Wildman–Crippen LogP) is 13.8. The summed E-state index contributed by atoms with van der Waals surface area (Å²) in [5, 5.41) is 3.63. The van der Waals surface area contributed by atoms with E-state index in [-0.39, 0.29) is 0 Å². The molecule has 6 nitrogen and oxygen atoms in total. The van der Waals surface area contributed by atoms with Crippen molar-refractivity contribution in [3.05, 3.63) is 199 Å². The van der Waals surface area contributed by atoms with E-state index < -0.39 is 0 Å². The highest BCUT2D eigenvalue weighted by atomic mass is 16.3. The number of benzene rings is 7. The van der Waals surface area contributed by atoms with Crippen LogP contribution in [-0.4, -0.2) is 14.1 Å². The van der Waals surface area contributed by atoms with Gasteiger partial charge in [-0.25, -0.2) is 9.98 Å². The molecule has 0 aliphatic rings. The van der Waals surface area contributed by atoms with E-state index in [9.17, 15) is 0 Å². The Bertz CT molecular complexity index is 3090. The van der Waals surface area contributed by atoms with Crippen molar-refractivity contribution in [3.63, 3.8) is 0 Å². The molecular weight excluding hydrogens is 735 g/mol. The molecule has 3 aromatic heterocycles. The lowest BCUT2D eigenvalue weighted by atomic mass is 9.92. The summed E-state index contributed by atoms with van der Waals surface area (Å²) in [6.45, 7) is 5.14. The number of para-hydroxylation sites is 6. The van der Waals surface area contributed by atoms with Gasteiger partial charge in [-0.05, 0) is 96.6 Å². The van der Waals surface area contributed by atoms with E-state index in [0.29, 0.717) is 24.1 Å². The van der Waals surface area contributed by atoms with Crippen LogP contribution in [0.1, 0.15) is 49.8 Å². The third-order valence-electron chi connectivity index (χ3n) is 12.1. The van der Waals surface area contributed by atoms with Gasteiger partial charge in [0.1, 0.15) is 11.4 Å². The minimum Gasteiger partial charge on any atom is -0.438 e. The summed E-state index contributed by atoms with van der Waals surface area (Å²) in [7, 11) is 2.06. The van der Waals surface area contributed by atoms with Gasteiger partial charge in [0.2, 0.25) is 5.55 Å². The number of imidazole rings is 1. The van der Waals surface area contributed by atoms with Crippen LogP contribution in [-0.2, 0) is 13.6 Å². The van der Waals surface area contributed by atoms with Crippen LogP contribution in [0.2, 0.25) is 0 Å². The van der Waals surface area contributed by atoms with Crippen molar-refractivity contribution in [2.45, 2.75) is 45.2 Å². The molecule has 2 atom stereocenters. The third kappa shape index (κ3) is 6.84. The summed E-state index contributed by atoms with van der Waals surface area (Å²) in [4.78, 5) is 12.5. The van der Waals surface area contributed by atoms with E-state index in [1.807, 2.05) is 24.3 Å². The van der Waals surface area contributed by atoms with E-state index in [1.54, 1.807) is 0 Å². The maximum Gasteiger partial charge on any atom is 0.226 e. The molecule has 0 saturated carbocycles. The van der Waals surface area contributed by atoms with Crippen molar-refractivity contribution in [1.29, 1.82) is 0 Å². The van der Waals surface area contributed by atoms with Gasteiger partial charge in [0, 0.05) is 63.4 Å². The lowest BCUT2D eigenvalue weighted by Gasteiger charge is -2.25. The molecule has 0 saturated heterocycles. The highest BCUT2D eigenvalue weighted by molar-refractivity contribution is 6.08. The topological polar surface area (TPSA) is 51.5 Å². The number of rotatable bonds is 11. The molecule has 0 spiro atoms. The Balaban J connectivity index is 0.992. The van der Waals surface area contributed by atoms with Gasteiger partial charge in [-0.15, -0.1) is 0 Å². The zero-order valence-corrected chi connectivity index (χ0v) is 34.2. The fourth-order valence-corrected chi connectivity index (χ4v) is 8.97. The second-order valence-corrected chi connectivity index (χ2v) is 15.8. The molecule has 10 rings (SSSR count). The predicted molar refractivity (Wildman–Crippen MR) is 248 cm³/mol. The standard InChI is InChI=1S/C54H47N5O/c1-4-41(59-49-24-14-11-21-45(49)46-22-12-15-25-50(46)59)33-37(2)39-29-27-38(28-30-39)36-55-54-47(53-56-48-23-13-16-26-51(48)57(53)3)34-40-31-32-44(35-52(40)60-54)58(42-17-7-5-8-18-42)43-19-9-6-10-20-43/h5-32,34-35,37,41H,4,33,36H2,1-3H3. The van der Waals surface area contributed by atoms with Crippen molar-refractivity contribution < 1.29 is 4.42 Å². The van der Waals surface area contributed by atoms with Crippen LogP contribution in [0.15, 0.2) is 191 Å². The number of anilines is 3. The van der Waals surface area contributed by atoms with Crippen LogP contribution >= 0.6 is 0 Å². The number of aromatic nitrogens is 3. The molecular formula is C54H47N5O. The zero-order valence-electron chi connectivity index (χ0n) is 34.2. The van der Waals surface area contributed by atoms with Crippen LogP contribution < -0.4 is 10.5 Å². The summed E-state index contributed by atoms with van der Waals surface area (Å²) < 4.78 is 11.6. The largest absolute Gasteiger partial charge is 0.438 e. The molecule has 0 radical (unpaired) electrons. The zero-order chi connectivity index (χ0) is 40.6. The van der Waals surface area contributed by atoms with Gasteiger partial charge in [0.05, 0.1) is 23.1 Å². The molecule has 0 N–H and O–H groups in total. The first-order chi connectivity index (χ1) is 29.5. The van der Waals surface area contributed by atoms with Crippen molar-refractivity contribution in [2.75, 3.05) is 4.90 Å². The summed E-state index contributed by atoms with van der Waals surface area (Å²) in [6, 6.07) is 64.7. The highest BCUT2D eigenvalue weighted by Gasteiger charge is 2.21. The smallest absolute Gasteiger partial charge is 0.226 e. The molecule has 10 aromatic rings. The first kappa shape index (κ1) is 37.1. The first-order valence-electron chi connectivity index (χ1n) is 21.0. The lowest BCUT2D eigenvalue weighted by molar-refractivity contribution is 0.441. The fourth-order valence-electron chi connectivity index (χ4n) is 8.97. The van der Waals surface area contributed by atoms with Crippen LogP contribution in [0.5, 0.6) is 0 Å². The molecule has 0 bridgehead atoms. The molecule has 2 unspecified atom stereocenters. The SMILES string of the molecule is CCC(CC(C)c1ccc(CN=c2oc3cc(N(c4ccccc4)c4ccccc4)ccc3cc2-c2nc3ccccc3n2C)cc1)n1c2ccccc2c2ccccc21. The molecule has 60 heavy (non-hydrogen) atoms. The molecule has 0 aliphatic carbocycles. The monoisotopic (exact) mass is 781 g/mol. The van der Waals surface area contributed by atoms with Gasteiger partial charge < -0.3 is 18.5 Å². The summed E-state index contributed by atoms with van der Waals surface area (Å²) in [5.74, 6) is 1.19. The van der Waals surface area contributed by atoms with Crippen molar-refractivity contribution in [3.8, 4) is 11.4 Å². The number of aryl methyl sites for hydroxylation is 1.